The second-order valence-corrected chi connectivity index (χ2v) is 13.3. The first-order valence-corrected chi connectivity index (χ1v) is 13.5. The fourth-order valence-corrected chi connectivity index (χ4v) is 6.25. The number of hydrogen-bond acceptors (Lipinski definition) is 8. The van der Waals surface area contributed by atoms with Crippen LogP contribution in [0, 0.1) is 5.41 Å². The van der Waals surface area contributed by atoms with Gasteiger partial charge < -0.3 is 10.6 Å². The van der Waals surface area contributed by atoms with Crippen LogP contribution in [0.15, 0.2) is 23.1 Å². The van der Waals surface area contributed by atoms with Crippen LogP contribution in [-0.2, 0) is 14.6 Å². The van der Waals surface area contributed by atoms with Gasteiger partial charge in [-0.15, -0.1) is 0 Å². The molecule has 11 heteroatoms. The number of carbonyl (C=O) groups is 1. The van der Waals surface area contributed by atoms with Gasteiger partial charge in [0.2, 0.25) is 5.01 Å². The quantitative estimate of drug-likeness (QED) is 0.611. The number of nitrogens with one attached hydrogen (secondary N) is 2. The van der Waals surface area contributed by atoms with Crippen molar-refractivity contribution in [2.45, 2.75) is 48.1 Å². The summed E-state index contributed by atoms with van der Waals surface area (Å²) < 4.78 is 26.8. The van der Waals surface area contributed by atoms with Gasteiger partial charge in [-0.1, -0.05) is 23.4 Å². The van der Waals surface area contributed by atoms with E-state index in [-0.39, 0.29) is 27.5 Å². The molecule has 1 saturated carbocycles. The topological polar surface area (TPSA) is 101 Å². The van der Waals surface area contributed by atoms with E-state index in [0.29, 0.717) is 6.54 Å². The number of hydrogen-bond donors (Lipinski definition) is 2. The summed E-state index contributed by atoms with van der Waals surface area (Å²) in [6.45, 7) is 3.61. The Balaban J connectivity index is 1.34. The molecule has 1 aromatic heterocycles. The van der Waals surface area contributed by atoms with Gasteiger partial charge in [-0.2, -0.15) is 4.37 Å². The second kappa shape index (κ2) is 7.65. The van der Waals surface area contributed by atoms with Crippen molar-refractivity contribution < 1.29 is 13.2 Å². The Kier molecular flexibility index (Phi) is 5.57. The summed E-state index contributed by atoms with van der Waals surface area (Å²) in [7, 11) is -3.40. The molecule has 1 aliphatic carbocycles. The summed E-state index contributed by atoms with van der Waals surface area (Å²) in [6, 6.07) is 5.88. The number of fused-ring (bicyclic) bond motifs is 1. The minimum Gasteiger partial charge on any atom is -0.372 e. The monoisotopic (exact) mass is 486 g/mol. The first-order chi connectivity index (χ1) is 14.0. The van der Waals surface area contributed by atoms with E-state index in [0.717, 1.165) is 52.7 Å². The highest BCUT2D eigenvalue weighted by atomic mass is 35.5. The van der Waals surface area contributed by atoms with E-state index in [1.807, 2.05) is 18.2 Å². The van der Waals surface area contributed by atoms with Crippen LogP contribution < -0.4 is 10.6 Å². The highest BCUT2D eigenvalue weighted by Gasteiger charge is 2.51. The van der Waals surface area contributed by atoms with Crippen molar-refractivity contribution in [2.75, 3.05) is 18.1 Å². The van der Waals surface area contributed by atoms with Gasteiger partial charge in [0.05, 0.1) is 5.37 Å². The maximum absolute atomic E-state index is 12.5. The van der Waals surface area contributed by atoms with Crippen LogP contribution in [0.25, 0.3) is 0 Å². The summed E-state index contributed by atoms with van der Waals surface area (Å²) in [5, 5.41) is 7.68. The summed E-state index contributed by atoms with van der Waals surface area (Å²) >= 11 is 8.82. The molecular weight excluding hydrogens is 464 g/mol. The Bertz CT molecular complexity index is 1100. The van der Waals surface area contributed by atoms with E-state index in [2.05, 4.69) is 20.0 Å². The largest absolute Gasteiger partial charge is 0.372 e. The molecule has 0 bridgehead atoms. The number of nitrogens with zero attached hydrogens (tertiary/aromatic N) is 2. The Morgan fingerprint density at radius 2 is 2.13 bits per heavy atom. The standard InChI is InChI=1S/C19H23ClN4O3S3/c1-18(2,30(3,26)27)16-23-15(29-24-16)14(25)21-9-8-19(6-7-19)17-22-12-5-4-11(20)10-13(12)28-17/h4-5,10,17,22H,6-9H2,1-3H3,(H,21,25). The Morgan fingerprint density at radius 1 is 1.40 bits per heavy atom. The third-order valence-electron chi connectivity index (χ3n) is 5.92. The summed E-state index contributed by atoms with van der Waals surface area (Å²) in [5.41, 5.74) is 1.26. The molecule has 4 rings (SSSR count). The number of aromatic nitrogens is 2. The molecule has 30 heavy (non-hydrogen) atoms. The molecule has 0 radical (unpaired) electrons. The molecule has 0 saturated heterocycles. The number of halogens is 1. The Hall–Kier alpha value is -1.36. The van der Waals surface area contributed by atoms with Gasteiger partial charge in [-0.25, -0.2) is 13.4 Å². The fourth-order valence-electron chi connectivity index (χ4n) is 3.32. The number of sulfone groups is 1. The molecule has 162 valence electrons. The van der Waals surface area contributed by atoms with Crippen LogP contribution in [0.3, 0.4) is 0 Å². The third-order valence-corrected chi connectivity index (χ3v) is 10.3. The molecule has 1 aromatic carbocycles. The van der Waals surface area contributed by atoms with E-state index in [1.54, 1.807) is 25.6 Å². The lowest BCUT2D eigenvalue weighted by Gasteiger charge is -2.22. The normalized spacial score (nSPS) is 19.8. The zero-order chi connectivity index (χ0) is 21.7. The average Bonchev–Trinajstić information content (AvgIpc) is 3.10. The smallest absolute Gasteiger partial charge is 0.281 e. The summed E-state index contributed by atoms with van der Waals surface area (Å²) in [4.78, 5) is 17.8. The third kappa shape index (κ3) is 4.06. The lowest BCUT2D eigenvalue weighted by molar-refractivity contribution is 0.0950. The molecule has 1 fully saturated rings. The van der Waals surface area contributed by atoms with Gasteiger partial charge in [0.15, 0.2) is 15.7 Å². The number of anilines is 1. The van der Waals surface area contributed by atoms with Crippen LogP contribution in [0.1, 0.15) is 48.7 Å². The maximum atomic E-state index is 12.5. The average molecular weight is 487 g/mol. The second-order valence-electron chi connectivity index (χ2n) is 8.36. The molecule has 2 aliphatic rings. The van der Waals surface area contributed by atoms with Crippen molar-refractivity contribution in [3.8, 4) is 0 Å². The van der Waals surface area contributed by atoms with Crippen LogP contribution in [0.4, 0.5) is 5.69 Å². The molecule has 2 heterocycles. The molecule has 0 spiro atoms. The van der Waals surface area contributed by atoms with E-state index in [1.165, 1.54) is 0 Å². The van der Waals surface area contributed by atoms with E-state index in [9.17, 15) is 13.2 Å². The fraction of sp³-hybridized carbons (Fsp3) is 0.526. The molecular formula is C19H23ClN4O3S3. The van der Waals surface area contributed by atoms with Crippen molar-refractivity contribution in [1.29, 1.82) is 0 Å². The number of carbonyl (C=O) groups excluding carboxylic acids is 1. The SMILES string of the molecule is CC(C)(c1nsc(C(=O)NCCC2(C3Nc4ccc(Cl)cc4S3)CC2)n1)S(C)(=O)=O. The molecule has 2 N–H and O–H groups in total. The first-order valence-electron chi connectivity index (χ1n) is 9.57. The minimum absolute atomic E-state index is 0.147. The molecule has 1 atom stereocenters. The van der Waals surface area contributed by atoms with Gasteiger partial charge in [0, 0.05) is 33.8 Å². The molecule has 7 nitrogen and oxygen atoms in total. The maximum Gasteiger partial charge on any atom is 0.281 e. The first kappa shape index (κ1) is 21.9. The van der Waals surface area contributed by atoms with Gasteiger partial charge in [-0.3, -0.25) is 4.79 Å². The van der Waals surface area contributed by atoms with Crippen molar-refractivity contribution >= 4 is 56.3 Å². The van der Waals surface area contributed by atoms with Crippen LogP contribution in [-0.4, -0.2) is 41.9 Å². The van der Waals surface area contributed by atoms with Crippen LogP contribution >= 0.6 is 34.9 Å². The number of thioether (sulfide) groups is 1. The highest BCUT2D eigenvalue weighted by molar-refractivity contribution is 8.00. The number of amides is 1. The minimum atomic E-state index is -3.40. The van der Waals surface area contributed by atoms with Gasteiger partial charge in [0.25, 0.3) is 5.91 Å². The predicted octanol–water partition coefficient (Wildman–Crippen LogP) is 3.92. The van der Waals surface area contributed by atoms with E-state index in [4.69, 9.17) is 11.6 Å². The van der Waals surface area contributed by atoms with Crippen molar-refractivity contribution in [3.05, 3.63) is 34.1 Å². The summed E-state index contributed by atoms with van der Waals surface area (Å²) in [5.74, 6) is -0.164. The number of benzene rings is 1. The van der Waals surface area contributed by atoms with Crippen LogP contribution in [0.5, 0.6) is 0 Å². The Morgan fingerprint density at radius 3 is 2.80 bits per heavy atom. The van der Waals surface area contributed by atoms with Gasteiger partial charge in [-0.05, 0) is 62.8 Å². The molecule has 1 amide bonds. The van der Waals surface area contributed by atoms with Gasteiger partial charge >= 0.3 is 0 Å². The van der Waals surface area contributed by atoms with Crippen molar-refractivity contribution in [1.82, 2.24) is 14.7 Å². The van der Waals surface area contributed by atoms with Gasteiger partial charge in [0.1, 0.15) is 4.75 Å². The molecule has 2 aromatic rings. The van der Waals surface area contributed by atoms with E-state index >= 15 is 0 Å². The lowest BCUT2D eigenvalue weighted by atomic mass is 10.0. The van der Waals surface area contributed by atoms with Crippen molar-refractivity contribution in [2.24, 2.45) is 5.41 Å². The zero-order valence-corrected chi connectivity index (χ0v) is 20.1. The van der Waals surface area contributed by atoms with E-state index < -0.39 is 14.6 Å². The molecule has 1 aliphatic heterocycles. The predicted molar refractivity (Wildman–Crippen MR) is 121 cm³/mol. The highest BCUT2D eigenvalue weighted by Crippen LogP contribution is 2.59. The summed E-state index contributed by atoms with van der Waals surface area (Å²) in [6.07, 6.45) is 4.22. The molecule has 1 unspecified atom stereocenters. The van der Waals surface area contributed by atoms with Crippen LogP contribution in [0.2, 0.25) is 5.02 Å². The zero-order valence-electron chi connectivity index (χ0n) is 16.9. The lowest BCUT2D eigenvalue weighted by Crippen LogP contribution is -2.32. The van der Waals surface area contributed by atoms with Crippen molar-refractivity contribution in [3.63, 3.8) is 0 Å². The Labute approximate surface area is 189 Å². The number of rotatable bonds is 7.